The molecule has 0 fully saturated rings. The lowest BCUT2D eigenvalue weighted by Crippen LogP contribution is -2.35. The van der Waals surface area contributed by atoms with Crippen molar-refractivity contribution in [3.63, 3.8) is 0 Å². The molecule has 1 aromatic carbocycles. The highest BCUT2D eigenvalue weighted by molar-refractivity contribution is 9.10. The van der Waals surface area contributed by atoms with E-state index in [-0.39, 0.29) is 17.8 Å². The molecular formula is C10H12BrFN2O. The fourth-order valence-corrected chi connectivity index (χ4v) is 1.31. The first-order chi connectivity index (χ1) is 7.04. The van der Waals surface area contributed by atoms with Crippen LogP contribution in [0.2, 0.25) is 0 Å². The van der Waals surface area contributed by atoms with Crippen LogP contribution in [-0.4, -0.2) is 19.0 Å². The summed E-state index contributed by atoms with van der Waals surface area (Å²) >= 11 is 3.23. The molecule has 0 aliphatic heterocycles. The van der Waals surface area contributed by atoms with Crippen molar-refractivity contribution in [1.82, 2.24) is 5.32 Å². The van der Waals surface area contributed by atoms with E-state index in [1.165, 1.54) is 12.1 Å². The fraction of sp³-hybridized carbons (Fsp3) is 0.300. The number of rotatable bonds is 3. The van der Waals surface area contributed by atoms with Crippen LogP contribution in [0.1, 0.15) is 6.92 Å². The maximum atomic E-state index is 12.9. The Bertz CT molecular complexity index is 370. The number of likely N-dealkylation sites (N-methyl/N-ethyl adjacent to an activating group) is 1. The van der Waals surface area contributed by atoms with E-state index in [2.05, 4.69) is 26.6 Å². The summed E-state index contributed by atoms with van der Waals surface area (Å²) in [5.41, 5.74) is 0.433. The lowest BCUT2D eigenvalue weighted by molar-refractivity contribution is -0.117. The first-order valence-electron chi connectivity index (χ1n) is 4.47. The molecule has 0 aromatic heterocycles. The molecule has 1 rings (SSSR count). The van der Waals surface area contributed by atoms with Gasteiger partial charge < -0.3 is 10.6 Å². The zero-order valence-electron chi connectivity index (χ0n) is 8.47. The first-order valence-corrected chi connectivity index (χ1v) is 5.27. The van der Waals surface area contributed by atoms with Crippen LogP contribution in [0.4, 0.5) is 10.1 Å². The van der Waals surface area contributed by atoms with Crippen LogP contribution >= 0.6 is 15.9 Å². The van der Waals surface area contributed by atoms with Crippen LogP contribution < -0.4 is 10.6 Å². The van der Waals surface area contributed by atoms with Gasteiger partial charge >= 0.3 is 0 Å². The monoisotopic (exact) mass is 274 g/mol. The Morgan fingerprint density at radius 3 is 2.80 bits per heavy atom. The summed E-state index contributed by atoms with van der Waals surface area (Å²) in [4.78, 5) is 11.5. The minimum Gasteiger partial charge on any atom is -0.324 e. The number of halogens is 2. The van der Waals surface area contributed by atoms with Gasteiger partial charge in [0.05, 0.1) is 11.7 Å². The zero-order valence-corrected chi connectivity index (χ0v) is 10.1. The topological polar surface area (TPSA) is 41.1 Å². The van der Waals surface area contributed by atoms with Crippen molar-refractivity contribution in [1.29, 1.82) is 0 Å². The van der Waals surface area contributed by atoms with Crippen molar-refractivity contribution in [2.24, 2.45) is 0 Å². The molecule has 0 spiro atoms. The van der Waals surface area contributed by atoms with Gasteiger partial charge in [0.2, 0.25) is 5.91 Å². The number of nitrogens with one attached hydrogen (secondary N) is 2. The van der Waals surface area contributed by atoms with E-state index in [0.717, 1.165) is 0 Å². The number of hydrogen-bond donors (Lipinski definition) is 2. The quantitative estimate of drug-likeness (QED) is 0.887. The molecule has 0 bridgehead atoms. The minimum absolute atomic E-state index is 0.205. The van der Waals surface area contributed by atoms with E-state index >= 15 is 0 Å². The van der Waals surface area contributed by atoms with Crippen molar-refractivity contribution < 1.29 is 9.18 Å². The summed E-state index contributed by atoms with van der Waals surface area (Å²) in [6.07, 6.45) is 0. The van der Waals surface area contributed by atoms with Gasteiger partial charge in [0.15, 0.2) is 0 Å². The van der Waals surface area contributed by atoms with Crippen molar-refractivity contribution in [3.05, 3.63) is 28.5 Å². The number of anilines is 1. The van der Waals surface area contributed by atoms with E-state index < -0.39 is 0 Å². The smallest absolute Gasteiger partial charge is 0.241 e. The van der Waals surface area contributed by atoms with Crippen molar-refractivity contribution >= 4 is 27.5 Å². The molecule has 0 aliphatic rings. The molecule has 0 saturated heterocycles. The highest BCUT2D eigenvalue weighted by Gasteiger charge is 2.12. The summed E-state index contributed by atoms with van der Waals surface area (Å²) in [6, 6.07) is 3.82. The third kappa shape index (κ3) is 3.28. The molecule has 0 radical (unpaired) electrons. The lowest BCUT2D eigenvalue weighted by Gasteiger charge is -2.12. The Hall–Kier alpha value is -0.940. The van der Waals surface area contributed by atoms with Crippen molar-refractivity contribution in [2.45, 2.75) is 13.0 Å². The number of carbonyl (C=O) groups excluding carboxylic acids is 1. The van der Waals surface area contributed by atoms with Crippen LogP contribution in [-0.2, 0) is 4.79 Å². The van der Waals surface area contributed by atoms with Crippen LogP contribution in [0.15, 0.2) is 22.7 Å². The van der Waals surface area contributed by atoms with Gasteiger partial charge in [-0.2, -0.15) is 0 Å². The van der Waals surface area contributed by atoms with E-state index in [4.69, 9.17) is 0 Å². The maximum absolute atomic E-state index is 12.9. The fourth-order valence-electron chi connectivity index (χ4n) is 0.965. The van der Waals surface area contributed by atoms with Crippen LogP contribution in [0.3, 0.4) is 0 Å². The van der Waals surface area contributed by atoms with E-state index in [1.807, 2.05) is 0 Å². The predicted molar refractivity (Wildman–Crippen MR) is 61.3 cm³/mol. The van der Waals surface area contributed by atoms with Gasteiger partial charge in [0.25, 0.3) is 0 Å². The largest absolute Gasteiger partial charge is 0.324 e. The molecular weight excluding hydrogens is 263 g/mol. The minimum atomic E-state index is -0.384. The first kappa shape index (κ1) is 12.1. The van der Waals surface area contributed by atoms with Gasteiger partial charge in [-0.3, -0.25) is 4.79 Å². The van der Waals surface area contributed by atoms with Gasteiger partial charge in [-0.05, 0) is 48.1 Å². The molecule has 0 heterocycles. The molecule has 2 N–H and O–H groups in total. The second-order valence-electron chi connectivity index (χ2n) is 3.12. The molecule has 1 amide bonds. The Morgan fingerprint density at radius 1 is 1.53 bits per heavy atom. The second kappa shape index (κ2) is 5.23. The third-order valence-electron chi connectivity index (χ3n) is 2.01. The third-order valence-corrected chi connectivity index (χ3v) is 2.70. The Kier molecular flexibility index (Phi) is 4.23. The second-order valence-corrected chi connectivity index (χ2v) is 3.98. The molecule has 5 heteroatoms. The normalized spacial score (nSPS) is 12.3. The van der Waals surface area contributed by atoms with E-state index in [1.54, 1.807) is 20.0 Å². The summed E-state index contributed by atoms with van der Waals surface area (Å²) in [7, 11) is 1.69. The van der Waals surface area contributed by atoms with Gasteiger partial charge in [0.1, 0.15) is 5.82 Å². The Labute approximate surface area is 96.2 Å². The van der Waals surface area contributed by atoms with Crippen molar-refractivity contribution in [2.75, 3.05) is 12.4 Å². The summed E-state index contributed by atoms with van der Waals surface area (Å²) < 4.78 is 13.5. The molecule has 15 heavy (non-hydrogen) atoms. The summed E-state index contributed by atoms with van der Waals surface area (Å²) in [5, 5.41) is 5.41. The highest BCUT2D eigenvalue weighted by atomic mass is 79.9. The van der Waals surface area contributed by atoms with E-state index in [0.29, 0.717) is 10.2 Å². The number of benzene rings is 1. The molecule has 3 nitrogen and oxygen atoms in total. The van der Waals surface area contributed by atoms with E-state index in [9.17, 15) is 9.18 Å². The molecule has 1 atom stereocenters. The van der Waals surface area contributed by atoms with Crippen LogP contribution in [0.25, 0.3) is 0 Å². The molecule has 0 saturated carbocycles. The highest BCUT2D eigenvalue weighted by Crippen LogP contribution is 2.22. The summed E-state index contributed by atoms with van der Waals surface area (Å²) in [6.45, 7) is 1.72. The molecule has 1 unspecified atom stereocenters. The average Bonchev–Trinajstić information content (AvgIpc) is 2.22. The molecule has 1 aromatic rings. The van der Waals surface area contributed by atoms with Gasteiger partial charge in [-0.25, -0.2) is 4.39 Å². The van der Waals surface area contributed by atoms with Gasteiger partial charge in [-0.1, -0.05) is 0 Å². The molecule has 82 valence electrons. The Balaban J connectivity index is 2.80. The SMILES string of the molecule is CNC(C)C(=O)Nc1cc(F)ccc1Br. The standard InChI is InChI=1S/C10H12BrFN2O/c1-6(13-2)10(15)14-9-5-7(12)3-4-8(9)11/h3-6,13H,1-2H3,(H,14,15). The van der Waals surface area contributed by atoms with Crippen molar-refractivity contribution in [3.8, 4) is 0 Å². The van der Waals surface area contributed by atoms with Gasteiger partial charge in [-0.15, -0.1) is 0 Å². The number of amides is 1. The Morgan fingerprint density at radius 2 is 2.20 bits per heavy atom. The van der Waals surface area contributed by atoms with Gasteiger partial charge in [0, 0.05) is 4.47 Å². The maximum Gasteiger partial charge on any atom is 0.241 e. The van der Waals surface area contributed by atoms with Crippen LogP contribution in [0.5, 0.6) is 0 Å². The lowest BCUT2D eigenvalue weighted by atomic mass is 10.2. The zero-order chi connectivity index (χ0) is 11.4. The summed E-state index contributed by atoms with van der Waals surface area (Å²) in [5.74, 6) is -0.589. The predicted octanol–water partition coefficient (Wildman–Crippen LogP) is 2.13. The molecule has 0 aliphatic carbocycles. The van der Waals surface area contributed by atoms with Crippen LogP contribution in [0, 0.1) is 5.82 Å². The number of hydrogen-bond acceptors (Lipinski definition) is 2. The average molecular weight is 275 g/mol. The number of carbonyl (C=O) groups is 1.